The van der Waals surface area contributed by atoms with Crippen LogP contribution < -0.4 is 15.6 Å². The second kappa shape index (κ2) is 7.35. The smallest absolute Gasteiger partial charge is 0.252 e. The Morgan fingerprint density at radius 1 is 0.966 bits per heavy atom. The van der Waals surface area contributed by atoms with E-state index in [-0.39, 0.29) is 11.5 Å². The van der Waals surface area contributed by atoms with Crippen molar-refractivity contribution < 1.29 is 4.74 Å². The van der Waals surface area contributed by atoms with Crippen molar-refractivity contribution in [1.29, 1.82) is 0 Å². The van der Waals surface area contributed by atoms with Crippen LogP contribution >= 0.6 is 0 Å². The molecule has 4 rings (SSSR count). The summed E-state index contributed by atoms with van der Waals surface area (Å²) < 4.78 is 5.18. The van der Waals surface area contributed by atoms with E-state index in [4.69, 9.17) is 4.74 Å². The van der Waals surface area contributed by atoms with Crippen molar-refractivity contribution in [2.75, 3.05) is 12.4 Å². The number of hydrogen-bond donors (Lipinski definition) is 2. The highest BCUT2D eigenvalue weighted by molar-refractivity contribution is 5.85. The first-order valence-electron chi connectivity index (χ1n) is 9.21. The summed E-state index contributed by atoms with van der Waals surface area (Å²) in [5, 5.41) is 4.05. The maximum atomic E-state index is 12.2. The van der Waals surface area contributed by atoms with E-state index < -0.39 is 0 Å². The van der Waals surface area contributed by atoms with E-state index in [2.05, 4.69) is 44.3 Å². The Labute approximate surface area is 167 Å². The maximum Gasteiger partial charge on any atom is 0.252 e. The largest absolute Gasteiger partial charge is 0.497 e. The number of nitrogens with one attached hydrogen (secondary N) is 2. The Balaban J connectivity index is 1.72. The lowest BCUT2D eigenvalue weighted by molar-refractivity contribution is 0.415. The number of aryl methyl sites for hydroxylation is 3. The van der Waals surface area contributed by atoms with Crippen LogP contribution in [-0.2, 0) is 0 Å². The van der Waals surface area contributed by atoms with Gasteiger partial charge in [-0.05, 0) is 56.7 Å². The van der Waals surface area contributed by atoms with E-state index in [0.29, 0.717) is 11.6 Å². The van der Waals surface area contributed by atoms with Gasteiger partial charge >= 0.3 is 0 Å². The summed E-state index contributed by atoms with van der Waals surface area (Å²) in [5.41, 5.74) is 5.06. The third-order valence-electron chi connectivity index (χ3n) is 4.68. The zero-order valence-electron chi connectivity index (χ0n) is 16.7. The molecule has 0 spiro atoms. The summed E-state index contributed by atoms with van der Waals surface area (Å²) >= 11 is 0. The highest BCUT2D eigenvalue weighted by Gasteiger charge is 2.10. The van der Waals surface area contributed by atoms with Gasteiger partial charge in [0.05, 0.1) is 24.0 Å². The van der Waals surface area contributed by atoms with Gasteiger partial charge in [-0.3, -0.25) is 15.1 Å². The molecule has 0 amide bonds. The third-order valence-corrected chi connectivity index (χ3v) is 4.68. The number of rotatable bonds is 4. The fourth-order valence-corrected chi connectivity index (χ4v) is 3.32. The molecule has 0 aliphatic rings. The third kappa shape index (κ3) is 3.80. The quantitative estimate of drug-likeness (QED) is 0.549. The SMILES string of the molecule is COc1ccc(-c2cc(=O)[nH]c(Nc3nc(C)c4cc(C)cc(C)c4n3)n2)cc1. The summed E-state index contributed by atoms with van der Waals surface area (Å²) in [6.07, 6.45) is 0. The number of methoxy groups -OCH3 is 1. The molecule has 0 bridgehead atoms. The molecule has 0 radical (unpaired) electrons. The summed E-state index contributed by atoms with van der Waals surface area (Å²) in [6, 6.07) is 13.0. The second-order valence-electron chi connectivity index (χ2n) is 6.94. The zero-order valence-corrected chi connectivity index (χ0v) is 16.7. The van der Waals surface area contributed by atoms with Crippen LogP contribution in [0, 0.1) is 20.8 Å². The molecule has 146 valence electrons. The number of fused-ring (bicyclic) bond motifs is 1. The first kappa shape index (κ1) is 18.6. The number of ether oxygens (including phenoxy) is 1. The van der Waals surface area contributed by atoms with Crippen LogP contribution in [-0.4, -0.2) is 27.0 Å². The van der Waals surface area contributed by atoms with Gasteiger partial charge in [-0.2, -0.15) is 0 Å². The predicted molar refractivity (Wildman–Crippen MR) is 114 cm³/mol. The van der Waals surface area contributed by atoms with E-state index in [1.165, 1.54) is 11.6 Å². The lowest BCUT2D eigenvalue weighted by Crippen LogP contribution is -2.12. The molecule has 0 aliphatic carbocycles. The number of aromatic amines is 1. The number of benzene rings is 2. The van der Waals surface area contributed by atoms with E-state index in [0.717, 1.165) is 33.5 Å². The molecule has 0 aliphatic heterocycles. The van der Waals surface area contributed by atoms with Gasteiger partial charge in [0.15, 0.2) is 0 Å². The number of H-pyrrole nitrogens is 1. The Kier molecular flexibility index (Phi) is 4.72. The predicted octanol–water partition coefficient (Wildman–Crippen LogP) is 4.06. The molecular weight excluding hydrogens is 366 g/mol. The summed E-state index contributed by atoms with van der Waals surface area (Å²) in [6.45, 7) is 6.02. The van der Waals surface area contributed by atoms with Crippen molar-refractivity contribution in [2.45, 2.75) is 20.8 Å². The van der Waals surface area contributed by atoms with Gasteiger partial charge in [0.1, 0.15) is 5.75 Å². The first-order valence-corrected chi connectivity index (χ1v) is 9.21. The molecule has 7 nitrogen and oxygen atoms in total. The van der Waals surface area contributed by atoms with Crippen molar-refractivity contribution in [3.63, 3.8) is 0 Å². The zero-order chi connectivity index (χ0) is 20.5. The van der Waals surface area contributed by atoms with Gasteiger partial charge in [0, 0.05) is 17.0 Å². The molecule has 0 atom stereocenters. The molecule has 0 fully saturated rings. The van der Waals surface area contributed by atoms with Gasteiger partial charge in [-0.25, -0.2) is 15.0 Å². The summed E-state index contributed by atoms with van der Waals surface area (Å²) in [7, 11) is 1.61. The molecule has 2 N–H and O–H groups in total. The van der Waals surface area contributed by atoms with E-state index in [1.54, 1.807) is 7.11 Å². The Hall–Kier alpha value is -3.74. The highest BCUT2D eigenvalue weighted by atomic mass is 16.5. The Bertz CT molecular complexity index is 1260. The van der Waals surface area contributed by atoms with E-state index in [1.807, 2.05) is 38.1 Å². The maximum absolute atomic E-state index is 12.2. The molecule has 2 aromatic heterocycles. The van der Waals surface area contributed by atoms with E-state index in [9.17, 15) is 4.79 Å². The van der Waals surface area contributed by atoms with Crippen molar-refractivity contribution in [3.05, 3.63) is 69.6 Å². The first-order chi connectivity index (χ1) is 13.9. The van der Waals surface area contributed by atoms with Crippen LogP contribution in [0.5, 0.6) is 5.75 Å². The van der Waals surface area contributed by atoms with Gasteiger partial charge < -0.3 is 4.74 Å². The lowest BCUT2D eigenvalue weighted by Gasteiger charge is -2.10. The summed E-state index contributed by atoms with van der Waals surface area (Å²) in [4.78, 5) is 28.5. The van der Waals surface area contributed by atoms with E-state index >= 15 is 0 Å². The Morgan fingerprint density at radius 2 is 1.72 bits per heavy atom. The minimum Gasteiger partial charge on any atom is -0.497 e. The second-order valence-corrected chi connectivity index (χ2v) is 6.94. The molecule has 29 heavy (non-hydrogen) atoms. The molecule has 2 aromatic carbocycles. The van der Waals surface area contributed by atoms with Gasteiger partial charge in [-0.1, -0.05) is 11.6 Å². The lowest BCUT2D eigenvalue weighted by atomic mass is 10.1. The Morgan fingerprint density at radius 3 is 2.45 bits per heavy atom. The van der Waals surface area contributed by atoms with Crippen LogP contribution in [0.3, 0.4) is 0 Å². The molecule has 0 saturated carbocycles. The normalized spacial score (nSPS) is 10.9. The number of anilines is 2. The topological polar surface area (TPSA) is 92.8 Å². The number of hydrogen-bond acceptors (Lipinski definition) is 6. The average Bonchev–Trinajstić information content (AvgIpc) is 2.68. The van der Waals surface area contributed by atoms with Crippen LogP contribution in [0.1, 0.15) is 16.8 Å². The fraction of sp³-hybridized carbons (Fsp3) is 0.182. The van der Waals surface area contributed by atoms with Crippen molar-refractivity contribution >= 4 is 22.8 Å². The standard InChI is InChI=1S/C22H21N5O2/c1-12-9-13(2)20-17(10-12)14(3)23-21(26-20)27-22-24-18(11-19(28)25-22)15-5-7-16(29-4)8-6-15/h5-11H,1-4H3,(H2,23,24,25,26,27,28). The monoisotopic (exact) mass is 387 g/mol. The van der Waals surface area contributed by atoms with Gasteiger partial charge in [-0.15, -0.1) is 0 Å². The minimum atomic E-state index is -0.266. The van der Waals surface area contributed by atoms with Crippen molar-refractivity contribution in [1.82, 2.24) is 19.9 Å². The van der Waals surface area contributed by atoms with Crippen molar-refractivity contribution in [3.8, 4) is 17.0 Å². The molecular formula is C22H21N5O2. The molecule has 4 aromatic rings. The summed E-state index contributed by atoms with van der Waals surface area (Å²) in [5.74, 6) is 1.41. The van der Waals surface area contributed by atoms with Crippen molar-refractivity contribution in [2.24, 2.45) is 0 Å². The molecule has 0 saturated heterocycles. The molecule has 0 unspecified atom stereocenters. The van der Waals surface area contributed by atoms with Gasteiger partial charge in [0.25, 0.3) is 5.56 Å². The van der Waals surface area contributed by atoms with Gasteiger partial charge in [0.2, 0.25) is 11.9 Å². The molecule has 2 heterocycles. The minimum absolute atomic E-state index is 0.266. The van der Waals surface area contributed by atoms with Crippen LogP contribution in [0.2, 0.25) is 0 Å². The highest BCUT2D eigenvalue weighted by Crippen LogP contribution is 2.24. The molecule has 7 heteroatoms. The number of nitrogens with zero attached hydrogens (tertiary/aromatic N) is 3. The van der Waals surface area contributed by atoms with Crippen LogP contribution in [0.4, 0.5) is 11.9 Å². The number of aromatic nitrogens is 4. The van der Waals surface area contributed by atoms with Crippen LogP contribution in [0.25, 0.3) is 22.2 Å². The fourth-order valence-electron chi connectivity index (χ4n) is 3.32. The van der Waals surface area contributed by atoms with Crippen LogP contribution in [0.15, 0.2) is 47.3 Å². The average molecular weight is 387 g/mol.